The van der Waals surface area contributed by atoms with Crippen LogP contribution in [0.3, 0.4) is 0 Å². The third kappa shape index (κ3) is 3.68. The summed E-state index contributed by atoms with van der Waals surface area (Å²) in [6, 6.07) is 2.44. The topological polar surface area (TPSA) is 49.9 Å². The van der Waals surface area contributed by atoms with Crippen LogP contribution in [-0.4, -0.2) is 47.0 Å². The van der Waals surface area contributed by atoms with E-state index in [1.54, 1.807) is 23.3 Å². The van der Waals surface area contributed by atoms with E-state index in [2.05, 4.69) is 18.4 Å². The maximum absolute atomic E-state index is 12.9. The number of hydrogen-bond acceptors (Lipinski definition) is 4. The molecule has 0 radical (unpaired) electrons. The number of rotatable bonds is 2. The Morgan fingerprint density at radius 3 is 2.64 bits per heavy atom. The van der Waals surface area contributed by atoms with Gasteiger partial charge in [-0.3, -0.25) is 4.79 Å². The first-order valence-corrected chi connectivity index (χ1v) is 9.88. The van der Waals surface area contributed by atoms with E-state index in [9.17, 15) is 9.59 Å². The van der Waals surface area contributed by atoms with Crippen molar-refractivity contribution >= 4 is 23.3 Å². The highest BCUT2D eigenvalue weighted by atomic mass is 32.1. The van der Waals surface area contributed by atoms with Gasteiger partial charge in [-0.15, -0.1) is 11.3 Å². The first-order chi connectivity index (χ1) is 11.7. The lowest BCUT2D eigenvalue weighted by Gasteiger charge is -2.44. The van der Waals surface area contributed by atoms with Gasteiger partial charge in [0.1, 0.15) is 5.60 Å². The molecule has 2 amide bonds. The molecule has 0 aromatic carbocycles. The van der Waals surface area contributed by atoms with Crippen LogP contribution < -0.4 is 0 Å². The van der Waals surface area contributed by atoms with Crippen molar-refractivity contribution in [3.63, 3.8) is 0 Å². The number of amides is 2. The molecule has 6 heteroatoms. The van der Waals surface area contributed by atoms with Gasteiger partial charge in [0.15, 0.2) is 0 Å². The first-order valence-electron chi connectivity index (χ1n) is 9.00. The minimum Gasteiger partial charge on any atom is -0.444 e. The lowest BCUT2D eigenvalue weighted by molar-refractivity contribution is -0.143. The second-order valence-electron chi connectivity index (χ2n) is 8.18. The monoisotopic (exact) mass is 364 g/mol. The number of ether oxygens (including phenoxy) is 1. The second-order valence-corrected chi connectivity index (χ2v) is 9.13. The molecule has 1 saturated carbocycles. The van der Waals surface area contributed by atoms with Crippen LogP contribution in [0.25, 0.3) is 0 Å². The third-order valence-corrected chi connectivity index (χ3v) is 6.35. The molecule has 25 heavy (non-hydrogen) atoms. The van der Waals surface area contributed by atoms with Crippen LogP contribution in [-0.2, 0) is 16.0 Å². The molecule has 1 aromatic rings. The number of hydrogen-bond donors (Lipinski definition) is 0. The molecule has 2 heterocycles. The fourth-order valence-corrected chi connectivity index (χ4v) is 4.65. The Kier molecular flexibility index (Phi) is 4.84. The summed E-state index contributed by atoms with van der Waals surface area (Å²) in [7, 11) is 1.76. The Hall–Kier alpha value is -1.56. The van der Waals surface area contributed by atoms with Crippen LogP contribution in [0.1, 0.15) is 57.0 Å². The Morgan fingerprint density at radius 2 is 2.00 bits per heavy atom. The summed E-state index contributed by atoms with van der Waals surface area (Å²) in [5, 5.41) is 2.12. The van der Waals surface area contributed by atoms with Gasteiger partial charge in [-0.25, -0.2) is 4.79 Å². The molecular weight excluding hydrogens is 336 g/mol. The summed E-state index contributed by atoms with van der Waals surface area (Å²) >= 11 is 1.74. The van der Waals surface area contributed by atoms with Crippen molar-refractivity contribution < 1.29 is 14.3 Å². The van der Waals surface area contributed by atoms with Gasteiger partial charge in [-0.2, -0.15) is 0 Å². The van der Waals surface area contributed by atoms with Gasteiger partial charge in [0.2, 0.25) is 5.91 Å². The minimum absolute atomic E-state index is 0.0267. The second kappa shape index (κ2) is 6.63. The zero-order chi connectivity index (χ0) is 18.4. The predicted octanol–water partition coefficient (Wildman–Crippen LogP) is 3.84. The van der Waals surface area contributed by atoms with Crippen molar-refractivity contribution in [3.8, 4) is 0 Å². The van der Waals surface area contributed by atoms with Crippen molar-refractivity contribution in [2.45, 2.75) is 64.6 Å². The van der Waals surface area contributed by atoms with E-state index >= 15 is 0 Å². The van der Waals surface area contributed by atoms with Gasteiger partial charge in [0.05, 0.1) is 6.04 Å². The normalized spacial score (nSPS) is 25.8. The molecule has 1 aromatic heterocycles. The highest BCUT2D eigenvalue weighted by Gasteiger charge is 2.42. The zero-order valence-electron chi connectivity index (χ0n) is 15.7. The Morgan fingerprint density at radius 1 is 1.32 bits per heavy atom. The largest absolute Gasteiger partial charge is 0.444 e. The van der Waals surface area contributed by atoms with E-state index < -0.39 is 5.60 Å². The van der Waals surface area contributed by atoms with Gasteiger partial charge in [-0.1, -0.05) is 0 Å². The molecule has 138 valence electrons. The lowest BCUT2D eigenvalue weighted by atomic mass is 9.78. The summed E-state index contributed by atoms with van der Waals surface area (Å²) in [6.45, 7) is 8.51. The van der Waals surface area contributed by atoms with Crippen molar-refractivity contribution in [3.05, 3.63) is 21.9 Å². The maximum atomic E-state index is 12.9. The Labute approximate surface area is 153 Å². The van der Waals surface area contributed by atoms with Gasteiger partial charge in [-0.05, 0) is 64.0 Å². The molecule has 0 bridgehead atoms. The smallest absolute Gasteiger partial charge is 0.410 e. The van der Waals surface area contributed by atoms with Crippen LogP contribution in [0, 0.1) is 5.92 Å². The van der Waals surface area contributed by atoms with Crippen LogP contribution in [0.5, 0.6) is 0 Å². The number of fused-ring (bicyclic) bond motifs is 1. The average molecular weight is 365 g/mol. The maximum Gasteiger partial charge on any atom is 0.410 e. The number of thiophene rings is 1. The highest BCUT2D eigenvalue weighted by molar-refractivity contribution is 7.10. The van der Waals surface area contributed by atoms with Crippen LogP contribution in [0.4, 0.5) is 4.79 Å². The van der Waals surface area contributed by atoms with E-state index in [-0.39, 0.29) is 30.0 Å². The Balaban J connectivity index is 1.54. The van der Waals surface area contributed by atoms with E-state index in [4.69, 9.17) is 4.74 Å². The SMILES string of the molecule is CC1c2sccc2CCN1C(=O)C1CC(N(C)C(=O)OC(C)(C)C)C1. The molecule has 0 N–H and O–H groups in total. The molecule has 1 aliphatic carbocycles. The van der Waals surface area contributed by atoms with Crippen molar-refractivity contribution in [1.29, 1.82) is 0 Å². The summed E-state index contributed by atoms with van der Waals surface area (Å²) in [5.74, 6) is 0.263. The molecule has 0 spiro atoms. The summed E-state index contributed by atoms with van der Waals surface area (Å²) in [6.07, 6.45) is 2.10. The van der Waals surface area contributed by atoms with E-state index in [1.165, 1.54) is 10.4 Å². The van der Waals surface area contributed by atoms with Crippen LogP contribution >= 0.6 is 11.3 Å². The summed E-state index contributed by atoms with van der Waals surface area (Å²) < 4.78 is 5.41. The fourth-order valence-electron chi connectivity index (χ4n) is 3.62. The number of nitrogens with zero attached hydrogens (tertiary/aromatic N) is 2. The molecule has 5 nitrogen and oxygen atoms in total. The number of carbonyl (C=O) groups excluding carboxylic acids is 2. The molecule has 1 aliphatic heterocycles. The first kappa shape index (κ1) is 18.2. The summed E-state index contributed by atoms with van der Waals surface area (Å²) in [5.41, 5.74) is 0.893. The fraction of sp³-hybridized carbons (Fsp3) is 0.684. The van der Waals surface area contributed by atoms with Gasteiger partial charge >= 0.3 is 6.09 Å². The molecule has 1 atom stereocenters. The molecule has 1 unspecified atom stereocenters. The molecule has 3 rings (SSSR count). The van der Waals surface area contributed by atoms with Crippen molar-refractivity contribution in [2.24, 2.45) is 5.92 Å². The van der Waals surface area contributed by atoms with Gasteiger partial charge in [0, 0.05) is 30.4 Å². The highest BCUT2D eigenvalue weighted by Crippen LogP contribution is 2.38. The van der Waals surface area contributed by atoms with Crippen molar-refractivity contribution in [1.82, 2.24) is 9.80 Å². The van der Waals surface area contributed by atoms with Gasteiger partial charge in [0.25, 0.3) is 0 Å². The van der Waals surface area contributed by atoms with E-state index in [0.717, 1.165) is 25.8 Å². The molecule has 1 fully saturated rings. The van der Waals surface area contributed by atoms with Gasteiger partial charge < -0.3 is 14.5 Å². The third-order valence-electron chi connectivity index (χ3n) is 5.22. The van der Waals surface area contributed by atoms with E-state index in [1.807, 2.05) is 25.7 Å². The summed E-state index contributed by atoms with van der Waals surface area (Å²) in [4.78, 5) is 30.0. The average Bonchev–Trinajstić information content (AvgIpc) is 2.93. The standard InChI is InChI=1S/C19H28N2O3S/c1-12-16-13(7-9-25-16)6-8-21(12)17(22)14-10-15(11-14)20(5)18(23)24-19(2,3)4/h7,9,12,14-15H,6,8,10-11H2,1-5H3. The quantitative estimate of drug-likeness (QED) is 0.801. The number of carbonyl (C=O) groups is 2. The van der Waals surface area contributed by atoms with Crippen molar-refractivity contribution in [2.75, 3.05) is 13.6 Å². The molecular formula is C19H28N2O3S. The van der Waals surface area contributed by atoms with E-state index in [0.29, 0.717) is 0 Å². The van der Waals surface area contributed by atoms with Crippen LogP contribution in [0.15, 0.2) is 11.4 Å². The lowest BCUT2D eigenvalue weighted by Crippen LogP contribution is -2.52. The Bertz CT molecular complexity index is 658. The molecule has 0 saturated heterocycles. The van der Waals surface area contributed by atoms with Crippen LogP contribution in [0.2, 0.25) is 0 Å². The zero-order valence-corrected chi connectivity index (χ0v) is 16.6. The minimum atomic E-state index is -0.494. The predicted molar refractivity (Wildman–Crippen MR) is 98.7 cm³/mol. The molecule has 2 aliphatic rings.